The van der Waals surface area contributed by atoms with E-state index in [9.17, 15) is 8.42 Å². The van der Waals surface area contributed by atoms with E-state index in [1.165, 1.54) is 6.07 Å². The van der Waals surface area contributed by atoms with Crippen molar-refractivity contribution >= 4 is 10.0 Å². The molecule has 1 N–H and O–H groups in total. The third-order valence-corrected chi connectivity index (χ3v) is 5.68. The number of hydrogen-bond acceptors (Lipinski definition) is 4. The average Bonchev–Trinajstić information content (AvgIpc) is 2.95. The Hall–Kier alpha value is -1.27. The fourth-order valence-electron chi connectivity index (χ4n) is 2.84. The molecule has 1 heterocycles. The summed E-state index contributed by atoms with van der Waals surface area (Å²) in [6, 6.07) is 4.69. The van der Waals surface area contributed by atoms with Gasteiger partial charge in [-0.1, -0.05) is 20.3 Å². The second-order valence-corrected chi connectivity index (χ2v) is 7.78. The van der Waals surface area contributed by atoms with E-state index < -0.39 is 10.0 Å². The lowest BCUT2D eigenvalue weighted by molar-refractivity contribution is 0.174. The number of nitrogens with one attached hydrogen (secondary N) is 1. The van der Waals surface area contributed by atoms with E-state index in [0.29, 0.717) is 11.5 Å². The number of ether oxygens (including phenoxy) is 2. The highest BCUT2D eigenvalue weighted by molar-refractivity contribution is 7.89. The van der Waals surface area contributed by atoms with Crippen LogP contribution in [0.1, 0.15) is 33.1 Å². The highest BCUT2D eigenvalue weighted by Crippen LogP contribution is 2.38. The minimum Gasteiger partial charge on any atom is -0.454 e. The molecule has 0 bridgehead atoms. The molecule has 20 heavy (non-hydrogen) atoms. The van der Waals surface area contributed by atoms with Crippen LogP contribution in [0.15, 0.2) is 23.1 Å². The number of rotatable bonds is 3. The van der Waals surface area contributed by atoms with Gasteiger partial charge in [0.25, 0.3) is 0 Å². The first kappa shape index (κ1) is 13.7. The summed E-state index contributed by atoms with van der Waals surface area (Å²) in [6.07, 6.45) is 2.99. The summed E-state index contributed by atoms with van der Waals surface area (Å²) in [5.74, 6) is 1.07. The molecule has 1 saturated carbocycles. The van der Waals surface area contributed by atoms with Gasteiger partial charge < -0.3 is 9.47 Å². The maximum Gasteiger partial charge on any atom is 0.240 e. The molecule has 0 aromatic heterocycles. The molecule has 1 aromatic rings. The Morgan fingerprint density at radius 3 is 2.70 bits per heavy atom. The van der Waals surface area contributed by atoms with Crippen LogP contribution in [0, 0.1) is 5.41 Å². The summed E-state index contributed by atoms with van der Waals surface area (Å²) in [7, 11) is -3.52. The molecule has 0 saturated heterocycles. The van der Waals surface area contributed by atoms with Crippen LogP contribution < -0.4 is 14.2 Å². The van der Waals surface area contributed by atoms with Gasteiger partial charge in [0.1, 0.15) is 0 Å². The second-order valence-electron chi connectivity index (χ2n) is 6.07. The Morgan fingerprint density at radius 1 is 1.25 bits per heavy atom. The molecular formula is C14H19NO4S. The molecule has 1 atom stereocenters. The van der Waals surface area contributed by atoms with Crippen molar-refractivity contribution in [3.05, 3.63) is 18.2 Å². The molecule has 3 rings (SSSR count). The maximum absolute atomic E-state index is 12.5. The monoisotopic (exact) mass is 297 g/mol. The van der Waals surface area contributed by atoms with E-state index >= 15 is 0 Å². The molecule has 1 fully saturated rings. The van der Waals surface area contributed by atoms with Gasteiger partial charge >= 0.3 is 0 Å². The maximum atomic E-state index is 12.5. The number of fused-ring (bicyclic) bond motifs is 1. The molecule has 110 valence electrons. The summed E-state index contributed by atoms with van der Waals surface area (Å²) >= 11 is 0. The van der Waals surface area contributed by atoms with Crippen LogP contribution in [0.5, 0.6) is 11.5 Å². The molecule has 1 aliphatic heterocycles. The van der Waals surface area contributed by atoms with Crippen molar-refractivity contribution in [2.45, 2.75) is 44.0 Å². The molecule has 6 heteroatoms. The van der Waals surface area contributed by atoms with Crippen LogP contribution >= 0.6 is 0 Å². The largest absolute Gasteiger partial charge is 0.454 e. The van der Waals surface area contributed by atoms with Gasteiger partial charge in [-0.3, -0.25) is 0 Å². The Morgan fingerprint density at radius 2 is 2.00 bits per heavy atom. The van der Waals surface area contributed by atoms with Crippen molar-refractivity contribution in [3.8, 4) is 11.5 Å². The summed E-state index contributed by atoms with van der Waals surface area (Å²) in [4.78, 5) is 0.226. The molecule has 5 nitrogen and oxygen atoms in total. The van der Waals surface area contributed by atoms with E-state index in [2.05, 4.69) is 18.6 Å². The number of hydrogen-bond donors (Lipinski definition) is 1. The first-order valence-electron chi connectivity index (χ1n) is 6.80. The van der Waals surface area contributed by atoms with Gasteiger partial charge in [0.05, 0.1) is 4.90 Å². The zero-order valence-electron chi connectivity index (χ0n) is 11.7. The molecule has 1 unspecified atom stereocenters. The molecule has 1 aliphatic carbocycles. The highest BCUT2D eigenvalue weighted by atomic mass is 32.2. The van der Waals surface area contributed by atoms with Crippen LogP contribution in [0.3, 0.4) is 0 Å². The molecule has 1 aromatic carbocycles. The predicted molar refractivity (Wildman–Crippen MR) is 74.3 cm³/mol. The van der Waals surface area contributed by atoms with E-state index in [4.69, 9.17) is 9.47 Å². The minimum absolute atomic E-state index is 0.00338. The Balaban J connectivity index is 1.85. The van der Waals surface area contributed by atoms with Gasteiger partial charge in [0.15, 0.2) is 11.5 Å². The smallest absolute Gasteiger partial charge is 0.240 e. The van der Waals surface area contributed by atoms with Crippen molar-refractivity contribution in [1.29, 1.82) is 0 Å². The standard InChI is InChI=1S/C14H19NO4S/c1-14(2)7-3-4-13(14)15-20(16,17)10-5-6-11-12(8-10)19-9-18-11/h5-6,8,13,15H,3-4,7,9H2,1-2H3. The Kier molecular flexibility index (Phi) is 3.17. The van der Waals surface area contributed by atoms with Gasteiger partial charge in [0, 0.05) is 12.1 Å². The van der Waals surface area contributed by atoms with E-state index in [0.717, 1.165) is 19.3 Å². The summed E-state index contributed by atoms with van der Waals surface area (Å²) < 4.78 is 38.2. The lowest BCUT2D eigenvalue weighted by atomic mass is 9.88. The summed E-state index contributed by atoms with van der Waals surface area (Å²) in [6.45, 7) is 4.35. The quantitative estimate of drug-likeness (QED) is 0.929. The number of sulfonamides is 1. The molecule has 2 aliphatic rings. The fraction of sp³-hybridized carbons (Fsp3) is 0.571. The topological polar surface area (TPSA) is 64.6 Å². The zero-order chi connectivity index (χ0) is 14.4. The summed E-state index contributed by atoms with van der Waals surface area (Å²) in [5.41, 5.74) is 0.00338. The van der Waals surface area contributed by atoms with E-state index in [-0.39, 0.29) is 23.1 Å². The van der Waals surface area contributed by atoms with Crippen molar-refractivity contribution < 1.29 is 17.9 Å². The lowest BCUT2D eigenvalue weighted by Gasteiger charge is -2.27. The molecule has 0 amide bonds. The molecular weight excluding hydrogens is 278 g/mol. The lowest BCUT2D eigenvalue weighted by Crippen LogP contribution is -2.41. The predicted octanol–water partition coefficient (Wildman–Crippen LogP) is 2.27. The van der Waals surface area contributed by atoms with Gasteiger partial charge in [-0.15, -0.1) is 0 Å². The first-order chi connectivity index (χ1) is 9.38. The van der Waals surface area contributed by atoms with Crippen LogP contribution in [0.4, 0.5) is 0 Å². The van der Waals surface area contributed by atoms with Crippen LogP contribution in [-0.2, 0) is 10.0 Å². The number of benzene rings is 1. The van der Waals surface area contributed by atoms with Gasteiger partial charge in [-0.2, -0.15) is 0 Å². The normalized spacial score (nSPS) is 24.0. The SMILES string of the molecule is CC1(C)CCCC1NS(=O)(=O)c1ccc2c(c1)OCO2. The van der Waals surface area contributed by atoms with Crippen molar-refractivity contribution in [2.75, 3.05) is 6.79 Å². The fourth-order valence-corrected chi connectivity index (χ4v) is 4.30. The van der Waals surface area contributed by atoms with Gasteiger partial charge in [-0.05, 0) is 30.4 Å². The average molecular weight is 297 g/mol. The van der Waals surface area contributed by atoms with Crippen molar-refractivity contribution in [1.82, 2.24) is 4.72 Å². The van der Waals surface area contributed by atoms with E-state index in [1.54, 1.807) is 12.1 Å². The van der Waals surface area contributed by atoms with Crippen molar-refractivity contribution in [2.24, 2.45) is 5.41 Å². The Bertz CT molecular complexity index is 624. The molecule has 0 spiro atoms. The minimum atomic E-state index is -3.52. The van der Waals surface area contributed by atoms with Crippen LogP contribution in [0.25, 0.3) is 0 Å². The summed E-state index contributed by atoms with van der Waals surface area (Å²) in [5, 5.41) is 0. The van der Waals surface area contributed by atoms with Crippen molar-refractivity contribution in [3.63, 3.8) is 0 Å². The van der Waals surface area contributed by atoms with Gasteiger partial charge in [0.2, 0.25) is 16.8 Å². The highest BCUT2D eigenvalue weighted by Gasteiger charge is 2.37. The zero-order valence-corrected chi connectivity index (χ0v) is 12.5. The third-order valence-electron chi connectivity index (χ3n) is 4.21. The van der Waals surface area contributed by atoms with Gasteiger partial charge in [-0.25, -0.2) is 13.1 Å². The Labute approximate surface area is 119 Å². The van der Waals surface area contributed by atoms with Crippen LogP contribution in [-0.4, -0.2) is 21.3 Å². The molecule has 0 radical (unpaired) electrons. The van der Waals surface area contributed by atoms with E-state index in [1.807, 2.05) is 0 Å². The first-order valence-corrected chi connectivity index (χ1v) is 8.29. The second kappa shape index (κ2) is 4.63. The third kappa shape index (κ3) is 2.38. The van der Waals surface area contributed by atoms with Crippen LogP contribution in [0.2, 0.25) is 0 Å².